The van der Waals surface area contributed by atoms with E-state index < -0.39 is 0 Å². The third-order valence-corrected chi connectivity index (χ3v) is 4.68. The highest BCUT2D eigenvalue weighted by molar-refractivity contribution is 9.10. The molecule has 2 aromatic rings. The monoisotopic (exact) mass is 332 g/mol. The Kier molecular flexibility index (Phi) is 4.01. The van der Waals surface area contributed by atoms with Crippen LogP contribution in [0.25, 0.3) is 10.9 Å². The van der Waals surface area contributed by atoms with E-state index in [2.05, 4.69) is 45.2 Å². The van der Waals surface area contributed by atoms with E-state index in [1.165, 1.54) is 5.56 Å². The summed E-state index contributed by atoms with van der Waals surface area (Å²) in [5.41, 5.74) is 2.27. The molecule has 0 bridgehead atoms. The standard InChI is InChI=1S/C16H17BrN2O/c17-14-7-3-10-19(16(14)20)11-8-13-5-1-4-12-6-2-9-18-15(12)13/h1-2,4-6,9,14H,3,7-8,10-11H2. The molecule has 1 unspecified atom stereocenters. The molecule has 4 heteroatoms. The number of rotatable bonds is 3. The minimum absolute atomic E-state index is 0.00175. The summed E-state index contributed by atoms with van der Waals surface area (Å²) in [4.78, 5) is 18.5. The summed E-state index contributed by atoms with van der Waals surface area (Å²) in [7, 11) is 0. The van der Waals surface area contributed by atoms with Gasteiger partial charge in [0.15, 0.2) is 0 Å². The summed E-state index contributed by atoms with van der Waals surface area (Å²) < 4.78 is 0. The molecule has 0 spiro atoms. The molecule has 0 N–H and O–H groups in total. The average molecular weight is 333 g/mol. The third-order valence-electron chi connectivity index (χ3n) is 3.83. The van der Waals surface area contributed by atoms with E-state index in [1.807, 2.05) is 17.2 Å². The van der Waals surface area contributed by atoms with E-state index in [9.17, 15) is 4.79 Å². The van der Waals surface area contributed by atoms with Crippen LogP contribution in [0.3, 0.4) is 0 Å². The van der Waals surface area contributed by atoms with E-state index in [0.29, 0.717) is 0 Å². The molecule has 1 aromatic carbocycles. The number of aromatic nitrogens is 1. The number of nitrogens with zero attached hydrogens (tertiary/aromatic N) is 2. The number of hydrogen-bond acceptors (Lipinski definition) is 2. The lowest BCUT2D eigenvalue weighted by atomic mass is 10.1. The molecule has 0 aliphatic carbocycles. The Morgan fingerprint density at radius 2 is 2.15 bits per heavy atom. The van der Waals surface area contributed by atoms with Crippen molar-refractivity contribution < 1.29 is 4.79 Å². The molecular formula is C16H17BrN2O. The second-order valence-electron chi connectivity index (χ2n) is 5.18. The van der Waals surface area contributed by atoms with Gasteiger partial charge in [0.1, 0.15) is 0 Å². The Morgan fingerprint density at radius 3 is 3.05 bits per heavy atom. The van der Waals surface area contributed by atoms with Crippen LogP contribution in [0.4, 0.5) is 0 Å². The maximum absolute atomic E-state index is 12.1. The Morgan fingerprint density at radius 1 is 1.30 bits per heavy atom. The molecule has 2 heterocycles. The molecular weight excluding hydrogens is 316 g/mol. The molecule has 3 rings (SSSR count). The molecule has 20 heavy (non-hydrogen) atoms. The van der Waals surface area contributed by atoms with Gasteiger partial charge >= 0.3 is 0 Å². The molecule has 1 amide bonds. The van der Waals surface area contributed by atoms with Crippen molar-refractivity contribution in [3.8, 4) is 0 Å². The first kappa shape index (κ1) is 13.6. The number of carbonyl (C=O) groups excluding carboxylic acids is 1. The summed E-state index contributed by atoms with van der Waals surface area (Å²) in [6, 6.07) is 10.3. The smallest absolute Gasteiger partial charge is 0.236 e. The summed E-state index contributed by atoms with van der Waals surface area (Å²) in [5.74, 6) is 0.226. The van der Waals surface area contributed by atoms with Gasteiger partial charge in [-0.2, -0.15) is 0 Å². The van der Waals surface area contributed by atoms with Crippen molar-refractivity contribution in [3.05, 3.63) is 42.1 Å². The van der Waals surface area contributed by atoms with E-state index in [1.54, 1.807) is 0 Å². The largest absolute Gasteiger partial charge is 0.341 e. The van der Waals surface area contributed by atoms with Gasteiger partial charge in [-0.3, -0.25) is 9.78 Å². The summed E-state index contributed by atoms with van der Waals surface area (Å²) in [5, 5.41) is 1.16. The quantitative estimate of drug-likeness (QED) is 0.809. The highest BCUT2D eigenvalue weighted by atomic mass is 79.9. The van der Waals surface area contributed by atoms with Gasteiger partial charge in [0.25, 0.3) is 0 Å². The second-order valence-corrected chi connectivity index (χ2v) is 6.28. The van der Waals surface area contributed by atoms with Crippen LogP contribution in [0.1, 0.15) is 18.4 Å². The van der Waals surface area contributed by atoms with Gasteiger partial charge in [0.2, 0.25) is 5.91 Å². The highest BCUT2D eigenvalue weighted by Gasteiger charge is 2.25. The van der Waals surface area contributed by atoms with Crippen molar-refractivity contribution in [1.29, 1.82) is 0 Å². The van der Waals surface area contributed by atoms with Crippen molar-refractivity contribution in [2.75, 3.05) is 13.1 Å². The lowest BCUT2D eigenvalue weighted by Crippen LogP contribution is -2.42. The van der Waals surface area contributed by atoms with E-state index in [0.717, 1.165) is 43.3 Å². The Labute approximate surface area is 127 Å². The van der Waals surface area contributed by atoms with Crippen LogP contribution < -0.4 is 0 Å². The molecule has 1 aliphatic heterocycles. The minimum atomic E-state index is 0.00175. The average Bonchev–Trinajstić information content (AvgIpc) is 2.49. The molecule has 1 aromatic heterocycles. The third kappa shape index (κ3) is 2.70. The van der Waals surface area contributed by atoms with Crippen LogP contribution in [0.2, 0.25) is 0 Å². The van der Waals surface area contributed by atoms with Crippen molar-refractivity contribution in [2.45, 2.75) is 24.1 Å². The second kappa shape index (κ2) is 5.92. The SMILES string of the molecule is O=C1C(Br)CCCN1CCc1cccc2cccnc12. The van der Waals surface area contributed by atoms with Gasteiger partial charge < -0.3 is 4.90 Å². The number of carbonyl (C=O) groups is 1. The number of fused-ring (bicyclic) bond motifs is 1. The van der Waals surface area contributed by atoms with Gasteiger partial charge in [-0.1, -0.05) is 40.2 Å². The van der Waals surface area contributed by atoms with Crippen LogP contribution in [-0.4, -0.2) is 33.7 Å². The van der Waals surface area contributed by atoms with Gasteiger partial charge in [0.05, 0.1) is 10.3 Å². The highest BCUT2D eigenvalue weighted by Crippen LogP contribution is 2.20. The van der Waals surface area contributed by atoms with Gasteiger partial charge in [-0.25, -0.2) is 0 Å². The molecule has 1 saturated heterocycles. The number of alkyl halides is 1. The fraction of sp³-hybridized carbons (Fsp3) is 0.375. The zero-order chi connectivity index (χ0) is 13.9. The molecule has 0 saturated carbocycles. The van der Waals surface area contributed by atoms with Crippen LogP contribution >= 0.6 is 15.9 Å². The molecule has 104 valence electrons. The molecule has 1 aliphatic rings. The lowest BCUT2D eigenvalue weighted by molar-refractivity contribution is -0.132. The van der Waals surface area contributed by atoms with Crippen molar-refractivity contribution >= 4 is 32.7 Å². The van der Waals surface area contributed by atoms with E-state index in [-0.39, 0.29) is 10.7 Å². The maximum atomic E-state index is 12.1. The Bertz CT molecular complexity index is 623. The number of amides is 1. The van der Waals surface area contributed by atoms with Crippen LogP contribution in [-0.2, 0) is 11.2 Å². The normalized spacial score (nSPS) is 19.6. The van der Waals surface area contributed by atoms with Gasteiger partial charge in [0, 0.05) is 24.7 Å². The number of halogens is 1. The fourth-order valence-corrected chi connectivity index (χ4v) is 3.35. The number of likely N-dealkylation sites (tertiary alicyclic amines) is 1. The first-order valence-corrected chi connectivity index (χ1v) is 7.93. The van der Waals surface area contributed by atoms with Gasteiger partial charge in [-0.15, -0.1) is 0 Å². The number of pyridine rings is 1. The fourth-order valence-electron chi connectivity index (χ4n) is 2.74. The number of benzene rings is 1. The van der Waals surface area contributed by atoms with Crippen LogP contribution in [0, 0.1) is 0 Å². The Balaban J connectivity index is 1.75. The van der Waals surface area contributed by atoms with Crippen molar-refractivity contribution in [2.24, 2.45) is 0 Å². The minimum Gasteiger partial charge on any atom is -0.341 e. The predicted octanol–water partition coefficient (Wildman–Crippen LogP) is 3.16. The van der Waals surface area contributed by atoms with Crippen molar-refractivity contribution in [3.63, 3.8) is 0 Å². The van der Waals surface area contributed by atoms with Crippen LogP contribution in [0.15, 0.2) is 36.5 Å². The first-order valence-electron chi connectivity index (χ1n) is 7.01. The number of hydrogen-bond donors (Lipinski definition) is 0. The Hall–Kier alpha value is -1.42. The number of piperidine rings is 1. The summed E-state index contributed by atoms with van der Waals surface area (Å²) in [6.07, 6.45) is 4.72. The van der Waals surface area contributed by atoms with Gasteiger partial charge in [-0.05, 0) is 30.9 Å². The van der Waals surface area contributed by atoms with Crippen LogP contribution in [0.5, 0.6) is 0 Å². The summed E-state index contributed by atoms with van der Waals surface area (Å²) in [6.45, 7) is 1.65. The summed E-state index contributed by atoms with van der Waals surface area (Å²) >= 11 is 3.46. The number of para-hydroxylation sites is 1. The topological polar surface area (TPSA) is 33.2 Å². The predicted molar refractivity (Wildman–Crippen MR) is 84.0 cm³/mol. The van der Waals surface area contributed by atoms with Crippen molar-refractivity contribution in [1.82, 2.24) is 9.88 Å². The van der Waals surface area contributed by atoms with E-state index >= 15 is 0 Å². The molecule has 0 radical (unpaired) electrons. The van der Waals surface area contributed by atoms with E-state index in [4.69, 9.17) is 0 Å². The lowest BCUT2D eigenvalue weighted by Gasteiger charge is -2.29. The zero-order valence-electron chi connectivity index (χ0n) is 11.3. The first-order chi connectivity index (χ1) is 9.75. The molecule has 3 nitrogen and oxygen atoms in total. The maximum Gasteiger partial charge on any atom is 0.236 e. The zero-order valence-corrected chi connectivity index (χ0v) is 12.8. The molecule has 1 atom stereocenters. The molecule has 1 fully saturated rings.